The van der Waals surface area contributed by atoms with Crippen molar-refractivity contribution in [2.45, 2.75) is 69.3 Å². The van der Waals surface area contributed by atoms with Crippen molar-refractivity contribution >= 4 is 29.6 Å². The number of aliphatic hydroxyl groups excluding tert-OH is 1. The molecule has 1 aromatic rings. The predicted octanol–water partition coefficient (Wildman–Crippen LogP) is -1.75. The van der Waals surface area contributed by atoms with E-state index >= 15 is 0 Å². The van der Waals surface area contributed by atoms with Crippen molar-refractivity contribution in [3.8, 4) is 0 Å². The van der Waals surface area contributed by atoms with E-state index in [-0.39, 0.29) is 32.2 Å². The Balaban J connectivity index is 2.12. The maximum Gasteiger partial charge on any atom is 0.326 e. The number of carbonyl (C=O) groups excluding carboxylic acids is 4. The van der Waals surface area contributed by atoms with Crippen molar-refractivity contribution in [3.05, 3.63) is 35.9 Å². The van der Waals surface area contributed by atoms with Crippen molar-refractivity contribution in [3.63, 3.8) is 0 Å². The highest BCUT2D eigenvalue weighted by Crippen LogP contribution is 2.19. The van der Waals surface area contributed by atoms with Gasteiger partial charge in [0.2, 0.25) is 23.6 Å². The molecule has 8 N–H and O–H groups in total. The molecule has 1 aromatic carbocycles. The monoisotopic (exact) mass is 491 g/mol. The Labute approximate surface area is 203 Å². The number of carbonyl (C=O) groups is 5. The molecule has 1 fully saturated rings. The summed E-state index contributed by atoms with van der Waals surface area (Å²) in [6, 6.07) is 4.25. The number of aliphatic carboxylic acids is 1. The first kappa shape index (κ1) is 27.7. The van der Waals surface area contributed by atoms with E-state index in [0.29, 0.717) is 6.42 Å². The van der Waals surface area contributed by atoms with Crippen LogP contribution in [0.25, 0.3) is 0 Å². The number of likely N-dealkylation sites (tertiary alicyclic amines) is 1. The maximum atomic E-state index is 13.0. The van der Waals surface area contributed by atoms with Crippen LogP contribution in [0.15, 0.2) is 30.3 Å². The minimum absolute atomic E-state index is 0.160. The number of nitrogens with one attached hydrogen (secondary N) is 2. The van der Waals surface area contributed by atoms with Gasteiger partial charge in [-0.05, 0) is 38.2 Å². The van der Waals surface area contributed by atoms with Crippen molar-refractivity contribution in [1.82, 2.24) is 15.5 Å². The number of amides is 4. The number of aliphatic hydroxyl groups is 1. The molecule has 0 radical (unpaired) electrons. The molecule has 4 amide bonds. The molecule has 0 spiro atoms. The molecule has 0 saturated carbocycles. The quantitative estimate of drug-likeness (QED) is 0.197. The van der Waals surface area contributed by atoms with Crippen LogP contribution in [-0.4, -0.2) is 81.5 Å². The summed E-state index contributed by atoms with van der Waals surface area (Å²) in [7, 11) is 0. The second-order valence-electron chi connectivity index (χ2n) is 8.62. The Morgan fingerprint density at radius 3 is 2.34 bits per heavy atom. The van der Waals surface area contributed by atoms with Crippen LogP contribution in [0.5, 0.6) is 0 Å². The molecule has 1 heterocycles. The smallest absolute Gasteiger partial charge is 0.326 e. The zero-order chi connectivity index (χ0) is 26.1. The zero-order valence-corrected chi connectivity index (χ0v) is 19.6. The van der Waals surface area contributed by atoms with Gasteiger partial charge in [-0.2, -0.15) is 0 Å². The van der Waals surface area contributed by atoms with E-state index in [1.54, 1.807) is 24.3 Å². The molecule has 1 aliphatic heterocycles. The van der Waals surface area contributed by atoms with E-state index in [0.717, 1.165) is 10.5 Å². The van der Waals surface area contributed by atoms with Gasteiger partial charge in [-0.1, -0.05) is 30.3 Å². The van der Waals surface area contributed by atoms with E-state index in [4.69, 9.17) is 11.5 Å². The van der Waals surface area contributed by atoms with Crippen LogP contribution in [0, 0.1) is 0 Å². The Morgan fingerprint density at radius 1 is 1.11 bits per heavy atom. The van der Waals surface area contributed by atoms with Gasteiger partial charge in [0.15, 0.2) is 0 Å². The Hall–Kier alpha value is -3.51. The van der Waals surface area contributed by atoms with Gasteiger partial charge in [0.05, 0.1) is 12.1 Å². The standard InChI is InChI=1S/C23H33N5O7/c1-13(29)19(22(33)28-11-5-8-17(28)23(34)35)27-21(32)16(9-10-18(25)30)26-20(31)15(24)12-14-6-3-2-4-7-14/h2-4,6-7,13,15-17,19,29H,5,8-12,24H2,1H3,(H2,25,30)(H,26,31)(H,27,32)(H,34,35). The Kier molecular flexibility index (Phi) is 10.2. The summed E-state index contributed by atoms with van der Waals surface area (Å²) >= 11 is 0. The van der Waals surface area contributed by atoms with E-state index in [1.807, 2.05) is 6.07 Å². The highest BCUT2D eigenvalue weighted by molar-refractivity contribution is 5.94. The number of carboxylic acid groups (broad SMARTS) is 1. The van der Waals surface area contributed by atoms with E-state index < -0.39 is 59.9 Å². The number of nitrogens with two attached hydrogens (primary N) is 2. The number of rotatable bonds is 12. The summed E-state index contributed by atoms with van der Waals surface area (Å²) in [5.41, 5.74) is 12.0. The molecule has 12 nitrogen and oxygen atoms in total. The number of benzene rings is 1. The molecule has 0 bridgehead atoms. The topological polar surface area (TPSA) is 205 Å². The van der Waals surface area contributed by atoms with Crippen LogP contribution in [0.2, 0.25) is 0 Å². The van der Waals surface area contributed by atoms with Gasteiger partial charge in [-0.25, -0.2) is 4.79 Å². The summed E-state index contributed by atoms with van der Waals surface area (Å²) < 4.78 is 0. The molecule has 5 atom stereocenters. The first-order valence-electron chi connectivity index (χ1n) is 11.4. The lowest BCUT2D eigenvalue weighted by atomic mass is 10.0. The molecule has 12 heteroatoms. The lowest BCUT2D eigenvalue weighted by molar-refractivity contribution is -0.150. The van der Waals surface area contributed by atoms with E-state index in [1.165, 1.54) is 6.92 Å². The summed E-state index contributed by atoms with van der Waals surface area (Å²) in [4.78, 5) is 62.5. The number of carboxylic acids is 1. The molecular formula is C23H33N5O7. The molecule has 1 aliphatic rings. The summed E-state index contributed by atoms with van der Waals surface area (Å²) in [6.45, 7) is 1.45. The van der Waals surface area contributed by atoms with Gasteiger partial charge in [-0.3, -0.25) is 19.2 Å². The third-order valence-electron chi connectivity index (χ3n) is 5.81. The summed E-state index contributed by atoms with van der Waals surface area (Å²) in [6.07, 6.45) is -0.802. The van der Waals surface area contributed by atoms with Crippen molar-refractivity contribution in [2.24, 2.45) is 11.5 Å². The van der Waals surface area contributed by atoms with Gasteiger partial charge in [0, 0.05) is 13.0 Å². The predicted molar refractivity (Wildman–Crippen MR) is 124 cm³/mol. The van der Waals surface area contributed by atoms with Gasteiger partial charge >= 0.3 is 5.97 Å². The highest BCUT2D eigenvalue weighted by Gasteiger charge is 2.40. The number of primary amides is 1. The Morgan fingerprint density at radius 2 is 1.77 bits per heavy atom. The zero-order valence-electron chi connectivity index (χ0n) is 19.6. The van der Waals surface area contributed by atoms with Crippen LogP contribution in [-0.2, 0) is 30.4 Å². The number of hydrogen-bond acceptors (Lipinski definition) is 7. The summed E-state index contributed by atoms with van der Waals surface area (Å²) in [5.74, 6) is -4.11. The molecule has 2 rings (SSSR count). The van der Waals surface area contributed by atoms with Crippen molar-refractivity contribution < 1.29 is 34.2 Å². The molecule has 0 aliphatic carbocycles. The highest BCUT2D eigenvalue weighted by atomic mass is 16.4. The largest absolute Gasteiger partial charge is 0.480 e. The van der Waals surface area contributed by atoms with Gasteiger partial charge in [0.25, 0.3) is 0 Å². The first-order valence-corrected chi connectivity index (χ1v) is 11.4. The van der Waals surface area contributed by atoms with Gasteiger partial charge in [0.1, 0.15) is 18.1 Å². The normalized spacial score (nSPS) is 18.7. The first-order chi connectivity index (χ1) is 16.5. The van der Waals surface area contributed by atoms with Crippen molar-refractivity contribution in [1.29, 1.82) is 0 Å². The molecule has 35 heavy (non-hydrogen) atoms. The number of nitrogens with zero attached hydrogens (tertiary/aromatic N) is 1. The molecule has 192 valence electrons. The van der Waals surface area contributed by atoms with Crippen LogP contribution in [0.4, 0.5) is 0 Å². The lowest BCUT2D eigenvalue weighted by Gasteiger charge is -2.30. The van der Waals surface area contributed by atoms with E-state index in [9.17, 15) is 34.2 Å². The second kappa shape index (κ2) is 12.8. The SMILES string of the molecule is CC(O)C(NC(=O)C(CCC(N)=O)NC(=O)C(N)Cc1ccccc1)C(=O)N1CCCC1C(=O)O. The Bertz CT molecular complexity index is 924. The van der Waals surface area contributed by atoms with Crippen molar-refractivity contribution in [2.75, 3.05) is 6.54 Å². The molecular weight excluding hydrogens is 458 g/mol. The molecule has 0 aromatic heterocycles. The fourth-order valence-corrected chi connectivity index (χ4v) is 3.90. The molecule has 5 unspecified atom stereocenters. The van der Waals surface area contributed by atoms with Crippen LogP contribution >= 0.6 is 0 Å². The maximum absolute atomic E-state index is 13.0. The van der Waals surface area contributed by atoms with Crippen LogP contribution in [0.3, 0.4) is 0 Å². The van der Waals surface area contributed by atoms with Crippen LogP contribution in [0.1, 0.15) is 38.2 Å². The fourth-order valence-electron chi connectivity index (χ4n) is 3.90. The average molecular weight is 492 g/mol. The minimum Gasteiger partial charge on any atom is -0.480 e. The minimum atomic E-state index is -1.45. The lowest BCUT2D eigenvalue weighted by Crippen LogP contribution is -2.60. The third kappa shape index (κ3) is 8.04. The second-order valence-corrected chi connectivity index (χ2v) is 8.62. The number of hydrogen-bond donors (Lipinski definition) is 6. The molecule has 1 saturated heterocycles. The van der Waals surface area contributed by atoms with Gasteiger partial charge < -0.3 is 37.2 Å². The summed E-state index contributed by atoms with van der Waals surface area (Å²) in [5, 5.41) is 24.4. The van der Waals surface area contributed by atoms with E-state index in [2.05, 4.69) is 10.6 Å². The average Bonchev–Trinajstić information content (AvgIpc) is 3.30. The fraction of sp³-hybridized carbons (Fsp3) is 0.522. The van der Waals surface area contributed by atoms with Crippen LogP contribution < -0.4 is 22.1 Å². The van der Waals surface area contributed by atoms with Gasteiger partial charge in [-0.15, -0.1) is 0 Å². The third-order valence-corrected chi connectivity index (χ3v) is 5.81.